The Balaban J connectivity index is 1.49. The molecule has 3 amide bonds. The fourth-order valence-electron chi connectivity index (χ4n) is 3.46. The fourth-order valence-corrected chi connectivity index (χ4v) is 5.37. The minimum absolute atomic E-state index is 0.0803. The van der Waals surface area contributed by atoms with Gasteiger partial charge in [0.05, 0.1) is 5.57 Å². The number of thioether (sulfide) groups is 1. The molecule has 2 atom stereocenters. The van der Waals surface area contributed by atoms with Gasteiger partial charge in [0.25, 0.3) is 11.8 Å². The van der Waals surface area contributed by atoms with Crippen LogP contribution in [0.4, 0.5) is 5.13 Å². The molecule has 13 heteroatoms. The molecule has 0 radical (unpaired) electrons. The Morgan fingerprint density at radius 2 is 2.13 bits per heavy atom. The molecule has 31 heavy (non-hydrogen) atoms. The number of nitrogens with zero attached hydrogens (tertiary/aromatic N) is 3. The molecule has 3 aliphatic rings. The number of anilines is 1. The van der Waals surface area contributed by atoms with Crippen molar-refractivity contribution >= 4 is 58.1 Å². The van der Waals surface area contributed by atoms with Gasteiger partial charge in [-0.2, -0.15) is 0 Å². The first-order valence-electron chi connectivity index (χ1n) is 9.56. The third-order valence-electron chi connectivity index (χ3n) is 5.09. The lowest BCUT2D eigenvalue weighted by molar-refractivity contribution is -0.144. The first kappa shape index (κ1) is 21.3. The number of nitrogens with one attached hydrogen (secondary N) is 2. The third kappa shape index (κ3) is 4.42. The van der Waals surface area contributed by atoms with Crippen molar-refractivity contribution in [3.63, 3.8) is 0 Å². The van der Waals surface area contributed by atoms with Crippen molar-refractivity contribution < 1.29 is 29.1 Å². The summed E-state index contributed by atoms with van der Waals surface area (Å²) in [5, 5.41) is 19.7. The first-order valence-corrected chi connectivity index (χ1v) is 11.5. The lowest BCUT2D eigenvalue weighted by Gasteiger charge is -2.46. The Kier molecular flexibility index (Phi) is 6.23. The number of aliphatic carboxylic acids is 1. The Morgan fingerprint density at radius 3 is 2.84 bits per heavy atom. The highest BCUT2D eigenvalue weighted by molar-refractivity contribution is 8.00. The second-order valence-electron chi connectivity index (χ2n) is 7.11. The zero-order chi connectivity index (χ0) is 22.0. The SMILES string of the molecule is O=CNc1nc(C(=NOC2CCCC2)C(=O)NC2C(=O)N3C=C(C(=O)O)CS[C@H]23)cs1. The number of carboxylic acids is 1. The van der Waals surface area contributed by atoms with Gasteiger partial charge in [-0.1, -0.05) is 5.16 Å². The predicted molar refractivity (Wildman–Crippen MR) is 112 cm³/mol. The number of oxime groups is 1. The molecule has 4 rings (SSSR count). The smallest absolute Gasteiger partial charge is 0.333 e. The molecule has 1 saturated heterocycles. The van der Waals surface area contributed by atoms with Gasteiger partial charge in [0.2, 0.25) is 6.41 Å². The van der Waals surface area contributed by atoms with Crippen molar-refractivity contribution in [2.24, 2.45) is 5.16 Å². The predicted octanol–water partition coefficient (Wildman–Crippen LogP) is 0.743. The average Bonchev–Trinajstić information content (AvgIpc) is 3.44. The molecule has 0 aromatic carbocycles. The highest BCUT2D eigenvalue weighted by Crippen LogP contribution is 2.36. The summed E-state index contributed by atoms with van der Waals surface area (Å²) in [6.07, 6.45) is 5.47. The molecule has 11 nitrogen and oxygen atoms in total. The number of carboxylic acid groups (broad SMARTS) is 1. The molecule has 0 spiro atoms. The van der Waals surface area contributed by atoms with E-state index < -0.39 is 23.8 Å². The Morgan fingerprint density at radius 1 is 1.35 bits per heavy atom. The van der Waals surface area contributed by atoms with Crippen LogP contribution < -0.4 is 10.6 Å². The summed E-state index contributed by atoms with van der Waals surface area (Å²) >= 11 is 2.39. The minimum atomic E-state index is -1.08. The van der Waals surface area contributed by atoms with E-state index in [0.29, 0.717) is 11.5 Å². The van der Waals surface area contributed by atoms with Crippen LogP contribution in [0.15, 0.2) is 22.3 Å². The number of hydrogen-bond acceptors (Lipinski definition) is 9. The van der Waals surface area contributed by atoms with E-state index in [1.54, 1.807) is 5.38 Å². The van der Waals surface area contributed by atoms with Crippen molar-refractivity contribution in [3.8, 4) is 0 Å². The second-order valence-corrected chi connectivity index (χ2v) is 9.07. The topological polar surface area (TPSA) is 150 Å². The average molecular weight is 466 g/mol. The van der Waals surface area contributed by atoms with Crippen LogP contribution in [0, 0.1) is 0 Å². The van der Waals surface area contributed by atoms with E-state index in [1.165, 1.54) is 22.9 Å². The van der Waals surface area contributed by atoms with E-state index in [-0.39, 0.29) is 34.2 Å². The van der Waals surface area contributed by atoms with E-state index in [2.05, 4.69) is 20.8 Å². The van der Waals surface area contributed by atoms with Crippen LogP contribution in [0.25, 0.3) is 0 Å². The zero-order valence-corrected chi connectivity index (χ0v) is 17.8. The fraction of sp³-hybridized carbons (Fsp3) is 0.444. The molecule has 3 N–H and O–H groups in total. The Labute approximate surface area is 184 Å². The van der Waals surface area contributed by atoms with Gasteiger partial charge in [-0.3, -0.25) is 14.4 Å². The molecular weight excluding hydrogens is 446 g/mol. The molecule has 1 saturated carbocycles. The minimum Gasteiger partial charge on any atom is -0.478 e. The van der Waals surface area contributed by atoms with E-state index in [9.17, 15) is 19.2 Å². The van der Waals surface area contributed by atoms with Crippen molar-refractivity contribution in [3.05, 3.63) is 22.8 Å². The van der Waals surface area contributed by atoms with Crippen LogP contribution in [0.5, 0.6) is 0 Å². The zero-order valence-electron chi connectivity index (χ0n) is 16.1. The van der Waals surface area contributed by atoms with E-state index in [4.69, 9.17) is 9.94 Å². The molecule has 0 bridgehead atoms. The van der Waals surface area contributed by atoms with Gasteiger partial charge in [0.1, 0.15) is 23.2 Å². The maximum Gasteiger partial charge on any atom is 0.333 e. The molecule has 2 aliphatic heterocycles. The Bertz CT molecular complexity index is 970. The van der Waals surface area contributed by atoms with Gasteiger partial charge in [0, 0.05) is 17.3 Å². The molecular formula is C18H19N5O6S2. The normalized spacial score (nSPS) is 23.5. The van der Waals surface area contributed by atoms with Crippen LogP contribution in [-0.4, -0.2) is 68.2 Å². The highest BCUT2D eigenvalue weighted by atomic mass is 32.2. The van der Waals surface area contributed by atoms with Gasteiger partial charge >= 0.3 is 5.97 Å². The van der Waals surface area contributed by atoms with Gasteiger partial charge in [-0.05, 0) is 25.7 Å². The number of hydrogen-bond donors (Lipinski definition) is 3. The maximum atomic E-state index is 13.0. The lowest BCUT2D eigenvalue weighted by atomic mass is 10.1. The van der Waals surface area contributed by atoms with Crippen LogP contribution in [0.3, 0.4) is 0 Å². The van der Waals surface area contributed by atoms with Gasteiger partial charge in [-0.25, -0.2) is 9.78 Å². The number of carbonyl (C=O) groups excluding carboxylic acids is 3. The summed E-state index contributed by atoms with van der Waals surface area (Å²) < 4.78 is 0. The van der Waals surface area contributed by atoms with Crippen LogP contribution in [0.1, 0.15) is 31.4 Å². The second kappa shape index (κ2) is 9.06. The number of rotatable bonds is 8. The summed E-state index contributed by atoms with van der Waals surface area (Å²) in [7, 11) is 0. The van der Waals surface area contributed by atoms with E-state index in [1.807, 2.05) is 0 Å². The summed E-state index contributed by atoms with van der Waals surface area (Å²) in [5.74, 6) is -1.88. The number of β-lactam (4-membered cyclic amide) rings is 1. The molecule has 1 aliphatic carbocycles. The monoisotopic (exact) mass is 465 g/mol. The number of carbonyl (C=O) groups is 4. The number of amides is 3. The van der Waals surface area contributed by atoms with Gasteiger partial charge in [0.15, 0.2) is 10.8 Å². The van der Waals surface area contributed by atoms with Crippen LogP contribution in [0.2, 0.25) is 0 Å². The molecule has 1 unspecified atom stereocenters. The number of thiazole rings is 1. The largest absolute Gasteiger partial charge is 0.478 e. The van der Waals surface area contributed by atoms with Crippen molar-refractivity contribution in [1.29, 1.82) is 0 Å². The quantitative estimate of drug-likeness (QED) is 0.220. The van der Waals surface area contributed by atoms with Crippen LogP contribution >= 0.6 is 23.1 Å². The summed E-state index contributed by atoms with van der Waals surface area (Å²) in [6.45, 7) is 0. The molecule has 1 aromatic heterocycles. The van der Waals surface area contributed by atoms with Gasteiger partial charge < -0.3 is 25.5 Å². The maximum absolute atomic E-state index is 13.0. The molecule has 164 valence electrons. The highest BCUT2D eigenvalue weighted by Gasteiger charge is 2.50. The molecule has 1 aromatic rings. The summed E-state index contributed by atoms with van der Waals surface area (Å²) in [5.41, 5.74) is 0.262. The van der Waals surface area contributed by atoms with E-state index in [0.717, 1.165) is 37.0 Å². The Hall–Kier alpha value is -2.93. The third-order valence-corrected chi connectivity index (χ3v) is 7.18. The van der Waals surface area contributed by atoms with Crippen LogP contribution in [-0.2, 0) is 24.0 Å². The number of fused-ring (bicyclic) bond motifs is 1. The van der Waals surface area contributed by atoms with Gasteiger partial charge in [-0.15, -0.1) is 23.1 Å². The summed E-state index contributed by atoms with van der Waals surface area (Å²) in [4.78, 5) is 58.2. The van der Waals surface area contributed by atoms with Crippen molar-refractivity contribution in [2.75, 3.05) is 11.1 Å². The van der Waals surface area contributed by atoms with Crippen molar-refractivity contribution in [1.82, 2.24) is 15.2 Å². The molecule has 3 heterocycles. The van der Waals surface area contributed by atoms with E-state index >= 15 is 0 Å². The lowest BCUT2D eigenvalue weighted by Crippen LogP contribution is -2.69. The standard InChI is InChI=1S/C18H19N5O6S2/c24-8-19-18-20-11(7-31-18)12(22-29-10-3-1-2-4-10)14(25)21-13-15(26)23-5-9(17(27)28)6-30-16(13)23/h5,7-8,10,13,16H,1-4,6H2,(H,21,25)(H,27,28)(H,19,20,24)/t13?,16-/m1/s1. The first-order chi connectivity index (χ1) is 15.0. The van der Waals surface area contributed by atoms with Crippen molar-refractivity contribution in [2.45, 2.75) is 43.2 Å². The number of aromatic nitrogens is 1. The molecule has 2 fully saturated rings. The summed E-state index contributed by atoms with van der Waals surface area (Å²) in [6, 6.07) is -0.813.